The second-order valence-electron chi connectivity index (χ2n) is 3.97. The number of benzene rings is 1. The topological polar surface area (TPSA) is 54.4 Å². The molecule has 1 aromatic carbocycles. The molecule has 3 nitrogen and oxygen atoms in total. The Kier molecular flexibility index (Phi) is 3.76. The lowest BCUT2D eigenvalue weighted by Gasteiger charge is -2.15. The largest absolute Gasteiger partial charge is 0.295 e. The van der Waals surface area contributed by atoms with Crippen molar-refractivity contribution in [2.45, 2.75) is 45.4 Å². The summed E-state index contributed by atoms with van der Waals surface area (Å²) in [6.45, 7) is 7.57. The molecular formula is C12H18O3S. The third-order valence-corrected chi connectivity index (χ3v) is 4.03. The second-order valence-corrected chi connectivity index (χ2v) is 5.33. The van der Waals surface area contributed by atoms with Crippen LogP contribution in [0.3, 0.4) is 0 Å². The molecule has 0 aliphatic heterocycles. The summed E-state index contributed by atoms with van der Waals surface area (Å²) < 4.78 is 31.9. The molecule has 0 heterocycles. The fourth-order valence-electron chi connectivity index (χ4n) is 2.19. The van der Waals surface area contributed by atoms with Crippen molar-refractivity contribution in [1.29, 1.82) is 0 Å². The van der Waals surface area contributed by atoms with Gasteiger partial charge in [-0.2, -0.15) is 8.42 Å². The molecule has 0 unspecified atom stereocenters. The maximum absolute atomic E-state index is 11.3. The Morgan fingerprint density at radius 1 is 1.19 bits per heavy atom. The minimum absolute atomic E-state index is 0.0877. The Bertz CT molecular complexity index is 501. The van der Waals surface area contributed by atoms with Crippen molar-refractivity contribution in [3.8, 4) is 0 Å². The van der Waals surface area contributed by atoms with Gasteiger partial charge >= 0.3 is 0 Å². The first kappa shape index (κ1) is 13.2. The van der Waals surface area contributed by atoms with E-state index in [9.17, 15) is 13.0 Å². The van der Waals surface area contributed by atoms with Crippen molar-refractivity contribution in [2.75, 3.05) is 0 Å². The molecule has 0 aromatic heterocycles. The highest BCUT2D eigenvalue weighted by Crippen LogP contribution is 2.27. The highest BCUT2D eigenvalue weighted by molar-refractivity contribution is 7.86. The molecule has 0 radical (unpaired) electrons. The van der Waals surface area contributed by atoms with Crippen LogP contribution in [0.25, 0.3) is 0 Å². The Morgan fingerprint density at radius 3 is 2.12 bits per heavy atom. The zero-order valence-corrected chi connectivity index (χ0v) is 11.0. The number of aryl methyl sites for hydroxylation is 2. The first-order valence-corrected chi connectivity index (χ1v) is 6.86. The molecule has 90 valence electrons. The summed E-state index contributed by atoms with van der Waals surface area (Å²) in [5.41, 5.74) is 3.48. The Morgan fingerprint density at radius 2 is 1.75 bits per heavy atom. The number of hydrogen-bond acceptors (Lipinski definition) is 2. The smallest absolute Gasteiger partial charge is 0.282 e. The highest BCUT2D eigenvalue weighted by atomic mass is 32.2. The fourth-order valence-corrected chi connectivity index (χ4v) is 3.26. The van der Waals surface area contributed by atoms with Gasteiger partial charge in [-0.15, -0.1) is 0 Å². The molecule has 0 amide bonds. The first-order valence-electron chi connectivity index (χ1n) is 5.42. The highest BCUT2D eigenvalue weighted by Gasteiger charge is 2.20. The van der Waals surface area contributed by atoms with Crippen molar-refractivity contribution in [2.24, 2.45) is 0 Å². The molecule has 0 fully saturated rings. The van der Waals surface area contributed by atoms with Crippen molar-refractivity contribution < 1.29 is 13.0 Å². The molecular weight excluding hydrogens is 224 g/mol. The van der Waals surface area contributed by atoms with Crippen LogP contribution in [0.2, 0.25) is 0 Å². The number of rotatable bonds is 3. The van der Waals surface area contributed by atoms with Gasteiger partial charge in [0.2, 0.25) is 0 Å². The summed E-state index contributed by atoms with van der Waals surface area (Å²) in [5, 5.41) is 0. The monoisotopic (exact) mass is 242 g/mol. The average Bonchev–Trinajstić information content (AvgIpc) is 2.18. The van der Waals surface area contributed by atoms with Gasteiger partial charge in [-0.3, -0.25) is 4.55 Å². The van der Waals surface area contributed by atoms with Gasteiger partial charge < -0.3 is 0 Å². The third-order valence-electron chi connectivity index (χ3n) is 2.95. The van der Waals surface area contributed by atoms with Gasteiger partial charge in [-0.25, -0.2) is 0 Å². The van der Waals surface area contributed by atoms with Crippen molar-refractivity contribution >= 4 is 10.1 Å². The van der Waals surface area contributed by atoms with E-state index in [0.29, 0.717) is 12.0 Å². The van der Waals surface area contributed by atoms with E-state index in [2.05, 4.69) is 0 Å². The minimum atomic E-state index is -4.12. The van der Waals surface area contributed by atoms with Crippen LogP contribution in [-0.2, 0) is 23.0 Å². The lowest BCUT2D eigenvalue weighted by molar-refractivity contribution is 0.481. The summed E-state index contributed by atoms with van der Waals surface area (Å²) in [7, 11) is -4.12. The average molecular weight is 242 g/mol. The van der Waals surface area contributed by atoms with Crippen LogP contribution in [0.15, 0.2) is 11.0 Å². The Hall–Kier alpha value is -0.870. The van der Waals surface area contributed by atoms with Crippen LogP contribution >= 0.6 is 0 Å². The molecule has 1 rings (SSSR count). The first-order chi connectivity index (χ1) is 7.32. The summed E-state index contributed by atoms with van der Waals surface area (Å²) in [5.74, 6) is 0. The van der Waals surface area contributed by atoms with Crippen LogP contribution in [0.5, 0.6) is 0 Å². The zero-order valence-electron chi connectivity index (χ0n) is 10.2. The van der Waals surface area contributed by atoms with E-state index in [4.69, 9.17) is 0 Å². The van der Waals surface area contributed by atoms with E-state index >= 15 is 0 Å². The van der Waals surface area contributed by atoms with E-state index in [1.165, 1.54) is 0 Å². The van der Waals surface area contributed by atoms with Crippen LogP contribution in [-0.4, -0.2) is 13.0 Å². The predicted octanol–water partition coefficient (Wildman–Crippen LogP) is 2.67. The van der Waals surface area contributed by atoms with Gasteiger partial charge in [0.05, 0.1) is 0 Å². The molecule has 0 bridgehead atoms. The van der Waals surface area contributed by atoms with E-state index in [1.807, 2.05) is 26.8 Å². The Labute approximate surface area is 97.2 Å². The molecule has 0 aliphatic rings. The summed E-state index contributed by atoms with van der Waals surface area (Å²) in [4.78, 5) is 0.0877. The quantitative estimate of drug-likeness (QED) is 0.829. The van der Waals surface area contributed by atoms with Crippen molar-refractivity contribution in [3.63, 3.8) is 0 Å². The molecule has 1 N–H and O–H groups in total. The van der Waals surface area contributed by atoms with Gasteiger partial charge in [0, 0.05) is 0 Å². The molecule has 0 saturated heterocycles. The molecule has 0 spiro atoms. The van der Waals surface area contributed by atoms with Gasteiger partial charge in [-0.05, 0) is 48.9 Å². The van der Waals surface area contributed by atoms with Crippen LogP contribution < -0.4 is 0 Å². The van der Waals surface area contributed by atoms with E-state index < -0.39 is 10.1 Å². The minimum Gasteiger partial charge on any atom is -0.282 e. The molecule has 4 heteroatoms. The molecule has 0 atom stereocenters. The third kappa shape index (κ3) is 2.28. The van der Waals surface area contributed by atoms with E-state index in [1.54, 1.807) is 6.92 Å². The maximum atomic E-state index is 11.3. The second kappa shape index (κ2) is 4.55. The normalized spacial score (nSPS) is 11.8. The van der Waals surface area contributed by atoms with Crippen LogP contribution in [0.1, 0.15) is 36.1 Å². The molecule has 1 aromatic rings. The van der Waals surface area contributed by atoms with Crippen molar-refractivity contribution in [1.82, 2.24) is 0 Å². The van der Waals surface area contributed by atoms with Crippen LogP contribution in [0, 0.1) is 13.8 Å². The summed E-state index contributed by atoms with van der Waals surface area (Å²) >= 11 is 0. The lowest BCUT2D eigenvalue weighted by Crippen LogP contribution is -2.09. The van der Waals surface area contributed by atoms with Gasteiger partial charge in [-0.1, -0.05) is 19.9 Å². The maximum Gasteiger partial charge on any atom is 0.295 e. The summed E-state index contributed by atoms with van der Waals surface area (Å²) in [6, 6.07) is 1.84. The van der Waals surface area contributed by atoms with Gasteiger partial charge in [0.15, 0.2) is 0 Å². The number of hydrogen-bond donors (Lipinski definition) is 1. The molecule has 0 aliphatic carbocycles. The van der Waals surface area contributed by atoms with Crippen LogP contribution in [0.4, 0.5) is 0 Å². The van der Waals surface area contributed by atoms with E-state index in [0.717, 1.165) is 23.1 Å². The Balaban J connectivity index is 3.69. The molecule has 16 heavy (non-hydrogen) atoms. The summed E-state index contributed by atoms with van der Waals surface area (Å²) in [6.07, 6.45) is 1.47. The van der Waals surface area contributed by atoms with Crippen molar-refractivity contribution in [3.05, 3.63) is 28.3 Å². The standard InChI is InChI=1S/C12H18O3S/c1-5-10-7-8(3)12(16(13,14)15)11(6-2)9(10)4/h7H,5-6H2,1-4H3,(H,13,14,15). The zero-order chi connectivity index (χ0) is 12.5. The fraction of sp³-hybridized carbons (Fsp3) is 0.500. The van der Waals surface area contributed by atoms with E-state index in [-0.39, 0.29) is 4.90 Å². The predicted molar refractivity (Wildman–Crippen MR) is 64.5 cm³/mol. The molecule has 0 saturated carbocycles. The van der Waals surface area contributed by atoms with Gasteiger partial charge in [0.25, 0.3) is 10.1 Å². The lowest BCUT2D eigenvalue weighted by atomic mass is 9.96. The van der Waals surface area contributed by atoms with Gasteiger partial charge in [0.1, 0.15) is 4.90 Å². The SMILES string of the molecule is CCc1cc(C)c(S(=O)(=O)O)c(CC)c1C.